The molecule has 0 saturated heterocycles. The lowest BCUT2D eigenvalue weighted by molar-refractivity contribution is -0.143. The third-order valence-corrected chi connectivity index (χ3v) is 2.19. The van der Waals surface area contributed by atoms with Crippen molar-refractivity contribution < 1.29 is 9.90 Å². The van der Waals surface area contributed by atoms with E-state index < -0.39 is 11.5 Å². The predicted molar refractivity (Wildman–Crippen MR) is 55.7 cm³/mol. The number of carboxylic acid groups (broad SMARTS) is 1. The van der Waals surface area contributed by atoms with Gasteiger partial charge in [-0.2, -0.15) is 0 Å². The molecule has 1 aromatic rings. The van der Waals surface area contributed by atoms with Crippen molar-refractivity contribution in [3.8, 4) is 0 Å². The summed E-state index contributed by atoms with van der Waals surface area (Å²) in [6, 6.07) is 6.98. The molecular formula is C11H13NO2. The van der Waals surface area contributed by atoms with Gasteiger partial charge in [0.25, 0.3) is 0 Å². The van der Waals surface area contributed by atoms with Gasteiger partial charge in [0.15, 0.2) is 0 Å². The minimum Gasteiger partial charge on any atom is -0.480 e. The van der Waals surface area contributed by atoms with E-state index in [0.717, 1.165) is 5.56 Å². The third kappa shape index (κ3) is 1.83. The first-order valence-electron chi connectivity index (χ1n) is 4.23. The quantitative estimate of drug-likeness (QED) is 0.762. The van der Waals surface area contributed by atoms with Gasteiger partial charge in [-0.15, -0.1) is 0 Å². The molecule has 3 nitrogen and oxygen atoms in total. The first-order valence-corrected chi connectivity index (χ1v) is 4.23. The Morgan fingerprint density at radius 3 is 2.36 bits per heavy atom. The van der Waals surface area contributed by atoms with Gasteiger partial charge in [-0.1, -0.05) is 36.9 Å². The lowest BCUT2D eigenvalue weighted by Crippen LogP contribution is -2.41. The normalized spacial score (nSPS) is 14.4. The molecule has 0 unspecified atom stereocenters. The number of hydrogen-bond donors (Lipinski definition) is 2. The van der Waals surface area contributed by atoms with E-state index >= 15 is 0 Å². The van der Waals surface area contributed by atoms with Gasteiger partial charge in [0.2, 0.25) is 0 Å². The van der Waals surface area contributed by atoms with E-state index in [2.05, 4.69) is 6.58 Å². The first kappa shape index (κ1) is 10.5. The van der Waals surface area contributed by atoms with Gasteiger partial charge in [-0.25, -0.2) is 4.79 Å². The van der Waals surface area contributed by atoms with Gasteiger partial charge >= 0.3 is 5.97 Å². The number of carboxylic acids is 1. The highest BCUT2D eigenvalue weighted by Gasteiger charge is 2.29. The molecule has 0 aliphatic carbocycles. The average molecular weight is 191 g/mol. The summed E-state index contributed by atoms with van der Waals surface area (Å²) in [7, 11) is 0. The Bertz CT molecular complexity index is 352. The Balaban J connectivity index is 3.08. The topological polar surface area (TPSA) is 63.3 Å². The van der Waals surface area contributed by atoms with Crippen molar-refractivity contribution in [2.75, 3.05) is 0 Å². The van der Waals surface area contributed by atoms with E-state index in [1.807, 2.05) is 0 Å². The van der Waals surface area contributed by atoms with Crippen molar-refractivity contribution in [1.82, 2.24) is 0 Å². The second kappa shape index (κ2) is 3.64. The average Bonchev–Trinajstić information content (AvgIpc) is 2.17. The van der Waals surface area contributed by atoms with E-state index in [9.17, 15) is 4.79 Å². The molecule has 0 heterocycles. The Morgan fingerprint density at radius 2 is 2.00 bits per heavy atom. The van der Waals surface area contributed by atoms with Crippen LogP contribution in [-0.4, -0.2) is 11.1 Å². The number of hydrogen-bond acceptors (Lipinski definition) is 2. The van der Waals surface area contributed by atoms with Crippen LogP contribution in [0.4, 0.5) is 0 Å². The molecule has 1 atom stereocenters. The van der Waals surface area contributed by atoms with Crippen molar-refractivity contribution in [3.63, 3.8) is 0 Å². The minimum absolute atomic E-state index is 0.579. The molecule has 1 rings (SSSR count). The van der Waals surface area contributed by atoms with E-state index in [1.54, 1.807) is 30.3 Å². The van der Waals surface area contributed by atoms with Crippen molar-refractivity contribution >= 4 is 12.0 Å². The fourth-order valence-corrected chi connectivity index (χ4v) is 1.09. The zero-order valence-corrected chi connectivity index (χ0v) is 8.03. The number of benzene rings is 1. The molecule has 14 heavy (non-hydrogen) atoms. The van der Waals surface area contributed by atoms with Crippen LogP contribution in [0.3, 0.4) is 0 Å². The Labute approximate surface area is 82.9 Å². The summed E-state index contributed by atoms with van der Waals surface area (Å²) in [5.74, 6) is -1.04. The van der Waals surface area contributed by atoms with E-state index in [4.69, 9.17) is 10.8 Å². The van der Waals surface area contributed by atoms with Gasteiger partial charge in [0.05, 0.1) is 0 Å². The maximum absolute atomic E-state index is 10.8. The number of nitrogens with two attached hydrogens (primary N) is 1. The number of aliphatic carboxylic acids is 1. The van der Waals surface area contributed by atoms with Crippen molar-refractivity contribution in [2.45, 2.75) is 12.5 Å². The van der Waals surface area contributed by atoms with Crippen LogP contribution in [0.1, 0.15) is 18.1 Å². The molecule has 0 radical (unpaired) electrons. The fourth-order valence-electron chi connectivity index (χ4n) is 1.09. The van der Waals surface area contributed by atoms with Gasteiger partial charge in [-0.3, -0.25) is 0 Å². The number of carbonyl (C=O) groups is 1. The van der Waals surface area contributed by atoms with Crippen LogP contribution < -0.4 is 5.73 Å². The first-order chi connectivity index (χ1) is 6.48. The van der Waals surface area contributed by atoms with Crippen molar-refractivity contribution in [1.29, 1.82) is 0 Å². The monoisotopic (exact) mass is 191 g/mol. The maximum atomic E-state index is 10.8. The highest BCUT2D eigenvalue weighted by Crippen LogP contribution is 2.18. The van der Waals surface area contributed by atoms with Crippen LogP contribution in [-0.2, 0) is 10.3 Å². The molecule has 0 amide bonds. The van der Waals surface area contributed by atoms with E-state index in [1.165, 1.54) is 6.92 Å². The Morgan fingerprint density at radius 1 is 1.50 bits per heavy atom. The van der Waals surface area contributed by atoms with Crippen LogP contribution >= 0.6 is 0 Å². The van der Waals surface area contributed by atoms with Gasteiger partial charge in [0, 0.05) is 0 Å². The van der Waals surface area contributed by atoms with Crippen molar-refractivity contribution in [3.05, 3.63) is 42.0 Å². The molecule has 0 aromatic heterocycles. The summed E-state index contributed by atoms with van der Waals surface area (Å²) < 4.78 is 0. The van der Waals surface area contributed by atoms with Crippen LogP contribution in [0, 0.1) is 0 Å². The minimum atomic E-state index is -1.33. The SMILES string of the molecule is C=Cc1ccc([C@@](C)(N)C(=O)O)cc1. The molecule has 0 aliphatic heterocycles. The Hall–Kier alpha value is -1.61. The molecule has 0 aliphatic rings. The summed E-state index contributed by atoms with van der Waals surface area (Å²) in [6.45, 7) is 5.08. The summed E-state index contributed by atoms with van der Waals surface area (Å²) >= 11 is 0. The largest absolute Gasteiger partial charge is 0.480 e. The lowest BCUT2D eigenvalue weighted by Gasteiger charge is -2.19. The zero-order chi connectivity index (χ0) is 10.8. The summed E-state index contributed by atoms with van der Waals surface area (Å²) in [5.41, 5.74) is 5.83. The van der Waals surface area contributed by atoms with Crippen LogP contribution in [0.5, 0.6) is 0 Å². The van der Waals surface area contributed by atoms with Gasteiger partial charge in [-0.05, 0) is 18.1 Å². The Kier molecular flexibility index (Phi) is 2.72. The third-order valence-electron chi connectivity index (χ3n) is 2.19. The summed E-state index contributed by atoms with van der Waals surface area (Å²) in [6.07, 6.45) is 1.69. The molecule has 74 valence electrons. The highest BCUT2D eigenvalue weighted by atomic mass is 16.4. The maximum Gasteiger partial charge on any atom is 0.328 e. The van der Waals surface area contributed by atoms with Crippen LogP contribution in [0.2, 0.25) is 0 Å². The molecule has 0 saturated carbocycles. The highest BCUT2D eigenvalue weighted by molar-refractivity contribution is 5.80. The molecule has 3 N–H and O–H groups in total. The standard InChI is InChI=1S/C11H13NO2/c1-3-8-4-6-9(7-5-8)11(2,12)10(13)14/h3-7H,1,12H2,2H3,(H,13,14)/t11-/m1/s1. The second-order valence-corrected chi connectivity index (χ2v) is 3.33. The van der Waals surface area contributed by atoms with Gasteiger partial charge < -0.3 is 10.8 Å². The molecule has 3 heteroatoms. The van der Waals surface area contributed by atoms with E-state index in [0.29, 0.717) is 5.56 Å². The second-order valence-electron chi connectivity index (χ2n) is 3.33. The predicted octanol–water partition coefficient (Wildman–Crippen LogP) is 1.59. The van der Waals surface area contributed by atoms with E-state index in [-0.39, 0.29) is 0 Å². The molecule has 1 aromatic carbocycles. The van der Waals surface area contributed by atoms with Crippen LogP contribution in [0.15, 0.2) is 30.8 Å². The molecular weight excluding hydrogens is 178 g/mol. The zero-order valence-electron chi connectivity index (χ0n) is 8.03. The lowest BCUT2D eigenvalue weighted by atomic mass is 9.93. The summed E-state index contributed by atoms with van der Waals surface area (Å²) in [4.78, 5) is 10.8. The van der Waals surface area contributed by atoms with Crippen molar-refractivity contribution in [2.24, 2.45) is 5.73 Å². The summed E-state index contributed by atoms with van der Waals surface area (Å²) in [5, 5.41) is 8.88. The molecule has 0 bridgehead atoms. The number of rotatable bonds is 3. The molecule has 0 fully saturated rings. The van der Waals surface area contributed by atoms with Gasteiger partial charge in [0.1, 0.15) is 5.54 Å². The smallest absolute Gasteiger partial charge is 0.328 e. The fraction of sp³-hybridized carbons (Fsp3) is 0.182. The molecule has 0 spiro atoms. The van der Waals surface area contributed by atoms with Crippen LogP contribution in [0.25, 0.3) is 6.08 Å².